The fourth-order valence-corrected chi connectivity index (χ4v) is 2.39. The molecule has 1 aromatic rings. The van der Waals surface area contributed by atoms with Gasteiger partial charge in [0.25, 0.3) is 0 Å². The molecule has 5 heteroatoms. The van der Waals surface area contributed by atoms with E-state index in [2.05, 4.69) is 17.1 Å². The Balaban J connectivity index is 1.90. The second-order valence-electron chi connectivity index (χ2n) is 5.33. The maximum atomic E-state index is 12.1. The maximum Gasteiger partial charge on any atom is 0.238 e. The first-order valence-corrected chi connectivity index (χ1v) is 7.57. The molecule has 0 aromatic heterocycles. The van der Waals surface area contributed by atoms with Crippen LogP contribution in [-0.2, 0) is 4.79 Å². The Labute approximate surface area is 125 Å². The van der Waals surface area contributed by atoms with Gasteiger partial charge in [0.2, 0.25) is 5.91 Å². The van der Waals surface area contributed by atoms with E-state index < -0.39 is 0 Å². The molecular weight excluding hydrogens is 274 g/mol. The third-order valence-corrected chi connectivity index (χ3v) is 3.73. The summed E-state index contributed by atoms with van der Waals surface area (Å²) in [6.45, 7) is 3.59. The van der Waals surface area contributed by atoms with Crippen LogP contribution in [0, 0.1) is 0 Å². The van der Waals surface area contributed by atoms with Crippen molar-refractivity contribution in [1.82, 2.24) is 4.90 Å². The number of nitrogens with two attached hydrogens (primary N) is 1. The second kappa shape index (κ2) is 6.95. The number of carbonyl (C=O) groups is 1. The zero-order valence-corrected chi connectivity index (χ0v) is 12.6. The molecular formula is C15H22ClN3O. The first-order valence-electron chi connectivity index (χ1n) is 7.19. The van der Waals surface area contributed by atoms with Crippen molar-refractivity contribution < 1.29 is 4.79 Å². The van der Waals surface area contributed by atoms with E-state index in [1.165, 1.54) is 12.8 Å². The van der Waals surface area contributed by atoms with Gasteiger partial charge in [-0.15, -0.1) is 0 Å². The lowest BCUT2D eigenvalue weighted by atomic mass is 10.2. The molecule has 0 unspecified atom stereocenters. The Bertz CT molecular complexity index is 474. The number of nitrogens with zero attached hydrogens (tertiary/aromatic N) is 1. The minimum absolute atomic E-state index is 0.0120. The summed E-state index contributed by atoms with van der Waals surface area (Å²) in [5.74, 6) is -0.0120. The van der Waals surface area contributed by atoms with E-state index >= 15 is 0 Å². The molecule has 0 aliphatic heterocycles. The Morgan fingerprint density at radius 2 is 2.25 bits per heavy atom. The molecule has 3 N–H and O–H groups in total. The highest BCUT2D eigenvalue weighted by Crippen LogP contribution is 2.27. The zero-order valence-electron chi connectivity index (χ0n) is 11.9. The normalized spacial score (nSPS) is 14.6. The van der Waals surface area contributed by atoms with E-state index in [1.807, 2.05) is 0 Å². The summed E-state index contributed by atoms with van der Waals surface area (Å²) in [6, 6.07) is 5.70. The van der Waals surface area contributed by atoms with Crippen LogP contribution >= 0.6 is 11.6 Å². The smallest absolute Gasteiger partial charge is 0.238 e. The average molecular weight is 296 g/mol. The van der Waals surface area contributed by atoms with E-state index in [-0.39, 0.29) is 5.91 Å². The first kappa shape index (κ1) is 15.1. The number of anilines is 2. The maximum absolute atomic E-state index is 12.1. The number of rotatable bonds is 7. The van der Waals surface area contributed by atoms with Crippen LogP contribution in [0.5, 0.6) is 0 Å². The lowest BCUT2D eigenvalue weighted by Crippen LogP contribution is -2.35. The highest BCUT2D eigenvalue weighted by Gasteiger charge is 2.29. The molecule has 0 heterocycles. The fraction of sp³-hybridized carbons (Fsp3) is 0.533. The SMILES string of the molecule is CCCCN(CC(=O)Nc1ccc(Cl)cc1N)C1CC1. The van der Waals surface area contributed by atoms with E-state index in [4.69, 9.17) is 17.3 Å². The van der Waals surface area contributed by atoms with Crippen molar-refractivity contribution in [1.29, 1.82) is 0 Å². The van der Waals surface area contributed by atoms with E-state index in [0.29, 0.717) is 29.0 Å². The number of carbonyl (C=O) groups excluding carboxylic acids is 1. The summed E-state index contributed by atoms with van der Waals surface area (Å²) in [6.07, 6.45) is 4.70. The van der Waals surface area contributed by atoms with Gasteiger partial charge in [0.15, 0.2) is 0 Å². The number of hydrogen-bond donors (Lipinski definition) is 2. The Hall–Kier alpha value is -1.26. The van der Waals surface area contributed by atoms with Gasteiger partial charge < -0.3 is 11.1 Å². The van der Waals surface area contributed by atoms with Crippen LogP contribution in [0.15, 0.2) is 18.2 Å². The molecule has 1 aliphatic carbocycles. The topological polar surface area (TPSA) is 58.4 Å². The van der Waals surface area contributed by atoms with Crippen molar-refractivity contribution >= 4 is 28.9 Å². The van der Waals surface area contributed by atoms with Crippen molar-refractivity contribution in [3.63, 3.8) is 0 Å². The predicted octanol–water partition coefficient (Wildman–Crippen LogP) is 3.13. The largest absolute Gasteiger partial charge is 0.397 e. The number of nitrogen functional groups attached to an aromatic ring is 1. The van der Waals surface area contributed by atoms with E-state index in [1.54, 1.807) is 18.2 Å². The third-order valence-electron chi connectivity index (χ3n) is 3.50. The molecule has 1 aliphatic rings. The van der Waals surface area contributed by atoms with Gasteiger partial charge in [0.05, 0.1) is 17.9 Å². The molecule has 1 amide bonds. The number of hydrogen-bond acceptors (Lipinski definition) is 3. The summed E-state index contributed by atoms with van der Waals surface area (Å²) < 4.78 is 0. The molecule has 1 fully saturated rings. The molecule has 1 saturated carbocycles. The van der Waals surface area contributed by atoms with Crippen molar-refractivity contribution in [3.8, 4) is 0 Å². The van der Waals surface area contributed by atoms with Gasteiger partial charge in [-0.05, 0) is 44.0 Å². The number of halogens is 1. The Morgan fingerprint density at radius 1 is 1.50 bits per heavy atom. The van der Waals surface area contributed by atoms with Gasteiger partial charge in [0.1, 0.15) is 0 Å². The van der Waals surface area contributed by atoms with Crippen molar-refractivity contribution in [2.75, 3.05) is 24.1 Å². The van der Waals surface area contributed by atoms with Crippen molar-refractivity contribution in [2.24, 2.45) is 0 Å². The predicted molar refractivity (Wildman–Crippen MR) is 84.0 cm³/mol. The molecule has 0 radical (unpaired) electrons. The van der Waals surface area contributed by atoms with Crippen molar-refractivity contribution in [3.05, 3.63) is 23.2 Å². The lowest BCUT2D eigenvalue weighted by molar-refractivity contribution is -0.117. The van der Waals surface area contributed by atoms with Crippen LogP contribution in [0.2, 0.25) is 5.02 Å². The van der Waals surface area contributed by atoms with Crippen molar-refractivity contribution in [2.45, 2.75) is 38.6 Å². The third kappa shape index (κ3) is 4.39. The van der Waals surface area contributed by atoms with Crippen LogP contribution in [-0.4, -0.2) is 29.9 Å². The summed E-state index contributed by atoms with van der Waals surface area (Å²) in [4.78, 5) is 14.4. The summed E-state index contributed by atoms with van der Waals surface area (Å²) in [7, 11) is 0. The standard InChI is InChI=1S/C15H22ClN3O/c1-2-3-8-19(12-5-6-12)10-15(20)18-14-7-4-11(16)9-13(14)17/h4,7,9,12H,2-3,5-6,8,10,17H2,1H3,(H,18,20). The summed E-state index contributed by atoms with van der Waals surface area (Å²) in [5.41, 5.74) is 6.97. The van der Waals surface area contributed by atoms with Gasteiger partial charge in [-0.2, -0.15) is 0 Å². The van der Waals surface area contributed by atoms with Gasteiger partial charge in [-0.1, -0.05) is 24.9 Å². The number of nitrogens with one attached hydrogen (secondary N) is 1. The van der Waals surface area contributed by atoms with E-state index in [9.17, 15) is 4.79 Å². The van der Waals surface area contributed by atoms with Crippen LogP contribution in [0.1, 0.15) is 32.6 Å². The highest BCUT2D eigenvalue weighted by atomic mass is 35.5. The molecule has 110 valence electrons. The minimum Gasteiger partial charge on any atom is -0.397 e. The Kier molecular flexibility index (Phi) is 5.26. The second-order valence-corrected chi connectivity index (χ2v) is 5.77. The minimum atomic E-state index is -0.0120. The molecule has 20 heavy (non-hydrogen) atoms. The Morgan fingerprint density at radius 3 is 2.85 bits per heavy atom. The average Bonchev–Trinajstić information content (AvgIpc) is 3.22. The molecule has 0 bridgehead atoms. The quantitative estimate of drug-likeness (QED) is 0.760. The first-order chi connectivity index (χ1) is 9.60. The van der Waals surface area contributed by atoms with Gasteiger partial charge >= 0.3 is 0 Å². The molecule has 0 saturated heterocycles. The monoisotopic (exact) mass is 295 g/mol. The number of benzene rings is 1. The number of amides is 1. The van der Waals surface area contributed by atoms with Gasteiger partial charge in [-0.25, -0.2) is 0 Å². The summed E-state index contributed by atoms with van der Waals surface area (Å²) >= 11 is 5.84. The molecule has 4 nitrogen and oxygen atoms in total. The van der Waals surface area contributed by atoms with Crippen LogP contribution in [0.3, 0.4) is 0 Å². The molecule has 0 atom stereocenters. The summed E-state index contributed by atoms with van der Waals surface area (Å²) in [5, 5.41) is 3.43. The molecule has 2 rings (SSSR count). The van der Waals surface area contributed by atoms with Gasteiger partial charge in [-0.3, -0.25) is 9.69 Å². The van der Waals surface area contributed by atoms with Crippen LogP contribution in [0.4, 0.5) is 11.4 Å². The van der Waals surface area contributed by atoms with E-state index in [0.717, 1.165) is 19.4 Å². The fourth-order valence-electron chi connectivity index (χ4n) is 2.21. The van der Waals surface area contributed by atoms with Crippen LogP contribution < -0.4 is 11.1 Å². The lowest BCUT2D eigenvalue weighted by Gasteiger charge is -2.21. The highest BCUT2D eigenvalue weighted by molar-refractivity contribution is 6.31. The van der Waals surface area contributed by atoms with Gasteiger partial charge in [0, 0.05) is 11.1 Å². The zero-order chi connectivity index (χ0) is 14.5. The van der Waals surface area contributed by atoms with Crippen LogP contribution in [0.25, 0.3) is 0 Å². The molecule has 1 aromatic carbocycles. The molecule has 0 spiro atoms. The number of unbranched alkanes of at least 4 members (excludes halogenated alkanes) is 1.